The van der Waals surface area contributed by atoms with Gasteiger partial charge in [0, 0.05) is 13.2 Å². The summed E-state index contributed by atoms with van der Waals surface area (Å²) in [6.45, 7) is 5.70. The number of thiazole rings is 1. The number of halogens is 1. The molecule has 0 N–H and O–H groups in total. The predicted molar refractivity (Wildman–Crippen MR) is 97.3 cm³/mol. The van der Waals surface area contributed by atoms with E-state index in [0.29, 0.717) is 24.6 Å². The van der Waals surface area contributed by atoms with Gasteiger partial charge in [0.15, 0.2) is 4.80 Å². The number of aryl methyl sites for hydroxylation is 1. The summed E-state index contributed by atoms with van der Waals surface area (Å²) in [6, 6.07) is 11.9. The molecule has 1 aromatic heterocycles. The van der Waals surface area contributed by atoms with Crippen molar-refractivity contribution in [2.45, 2.75) is 20.4 Å². The lowest BCUT2D eigenvalue weighted by Crippen LogP contribution is -2.20. The molecule has 0 radical (unpaired) electrons. The van der Waals surface area contributed by atoms with E-state index in [9.17, 15) is 9.18 Å². The van der Waals surface area contributed by atoms with Gasteiger partial charge in [-0.2, -0.15) is 4.99 Å². The van der Waals surface area contributed by atoms with Crippen molar-refractivity contribution >= 4 is 27.5 Å². The summed E-state index contributed by atoms with van der Waals surface area (Å²) in [5.41, 5.74) is 2.12. The van der Waals surface area contributed by atoms with Crippen molar-refractivity contribution < 1.29 is 13.9 Å². The van der Waals surface area contributed by atoms with E-state index in [-0.39, 0.29) is 5.56 Å². The van der Waals surface area contributed by atoms with Crippen molar-refractivity contribution in [1.82, 2.24) is 4.57 Å². The molecule has 4 nitrogen and oxygen atoms in total. The first-order valence-electron chi connectivity index (χ1n) is 8.12. The van der Waals surface area contributed by atoms with Crippen molar-refractivity contribution in [2.75, 3.05) is 13.2 Å². The molecule has 0 aliphatic heterocycles. The van der Waals surface area contributed by atoms with Gasteiger partial charge in [-0.3, -0.25) is 4.79 Å². The summed E-state index contributed by atoms with van der Waals surface area (Å²) < 4.78 is 22.3. The number of aromatic nitrogens is 1. The molecule has 3 rings (SSSR count). The van der Waals surface area contributed by atoms with Gasteiger partial charge in [0.2, 0.25) is 0 Å². The Kier molecular flexibility index (Phi) is 5.40. The molecule has 3 aromatic rings. The fourth-order valence-corrected chi connectivity index (χ4v) is 3.81. The van der Waals surface area contributed by atoms with Crippen LogP contribution in [0.4, 0.5) is 4.39 Å². The standard InChI is InChI=1S/C19H19FN2O2S/c1-3-24-12-11-22-17-13(2)7-6-10-16(17)25-19(22)21-18(23)14-8-4-5-9-15(14)20/h4-10H,3,11-12H2,1-2H3. The Balaban J connectivity index is 2.11. The zero-order valence-corrected chi connectivity index (χ0v) is 15.0. The van der Waals surface area contributed by atoms with Crippen LogP contribution in [-0.2, 0) is 11.3 Å². The molecule has 0 aliphatic rings. The van der Waals surface area contributed by atoms with Gasteiger partial charge >= 0.3 is 0 Å². The number of carbonyl (C=O) groups excluding carboxylic acids is 1. The minimum atomic E-state index is -0.576. The lowest BCUT2D eigenvalue weighted by molar-refractivity contribution is 0.0993. The predicted octanol–water partition coefficient (Wildman–Crippen LogP) is 3.93. The third-order valence-corrected chi connectivity index (χ3v) is 4.91. The average molecular weight is 358 g/mol. The second-order valence-corrected chi connectivity index (χ2v) is 6.56. The van der Waals surface area contributed by atoms with Gasteiger partial charge in [-0.15, -0.1) is 0 Å². The van der Waals surface area contributed by atoms with Crippen LogP contribution in [0, 0.1) is 12.7 Å². The number of benzene rings is 2. The molecule has 0 aliphatic carbocycles. The minimum Gasteiger partial charge on any atom is -0.380 e. The zero-order valence-electron chi connectivity index (χ0n) is 14.2. The number of hydrogen-bond donors (Lipinski definition) is 0. The second kappa shape index (κ2) is 7.72. The van der Waals surface area contributed by atoms with Crippen molar-refractivity contribution in [3.8, 4) is 0 Å². The van der Waals surface area contributed by atoms with Crippen molar-refractivity contribution in [1.29, 1.82) is 0 Å². The van der Waals surface area contributed by atoms with Crippen LogP contribution in [0.5, 0.6) is 0 Å². The molecule has 0 spiro atoms. The van der Waals surface area contributed by atoms with E-state index in [4.69, 9.17) is 4.74 Å². The Morgan fingerprint density at radius 2 is 2.04 bits per heavy atom. The highest BCUT2D eigenvalue weighted by Gasteiger charge is 2.13. The zero-order chi connectivity index (χ0) is 17.8. The van der Waals surface area contributed by atoms with E-state index in [0.717, 1.165) is 15.8 Å². The first-order chi connectivity index (χ1) is 12.1. The van der Waals surface area contributed by atoms with Crippen LogP contribution in [0.15, 0.2) is 47.5 Å². The maximum Gasteiger partial charge on any atom is 0.282 e. The maximum atomic E-state index is 13.9. The third kappa shape index (κ3) is 3.70. The average Bonchev–Trinajstić information content (AvgIpc) is 2.94. The fraction of sp³-hybridized carbons (Fsp3) is 0.263. The molecular formula is C19H19FN2O2S. The molecule has 0 atom stereocenters. The monoisotopic (exact) mass is 358 g/mol. The normalized spacial score (nSPS) is 12.0. The van der Waals surface area contributed by atoms with Gasteiger partial charge in [-0.05, 0) is 37.6 Å². The van der Waals surface area contributed by atoms with Gasteiger partial charge < -0.3 is 9.30 Å². The van der Waals surface area contributed by atoms with Crippen LogP contribution in [0.25, 0.3) is 10.2 Å². The Bertz CT molecular complexity index is 975. The third-order valence-electron chi connectivity index (χ3n) is 3.87. The van der Waals surface area contributed by atoms with Gasteiger partial charge in [0.1, 0.15) is 5.82 Å². The number of amides is 1. The molecule has 1 amide bonds. The smallest absolute Gasteiger partial charge is 0.282 e. The van der Waals surface area contributed by atoms with Gasteiger partial charge in [-0.25, -0.2) is 4.39 Å². The molecule has 2 aromatic carbocycles. The van der Waals surface area contributed by atoms with E-state index in [1.807, 2.05) is 36.6 Å². The van der Waals surface area contributed by atoms with Crippen LogP contribution in [0.1, 0.15) is 22.8 Å². The molecule has 130 valence electrons. The maximum absolute atomic E-state index is 13.9. The molecule has 25 heavy (non-hydrogen) atoms. The first-order valence-corrected chi connectivity index (χ1v) is 8.93. The lowest BCUT2D eigenvalue weighted by Gasteiger charge is -2.07. The summed E-state index contributed by atoms with van der Waals surface area (Å²) >= 11 is 1.42. The number of nitrogens with zero attached hydrogens (tertiary/aromatic N) is 2. The van der Waals surface area contributed by atoms with Crippen LogP contribution in [0.2, 0.25) is 0 Å². The number of fused-ring (bicyclic) bond motifs is 1. The Morgan fingerprint density at radius 3 is 2.80 bits per heavy atom. The largest absolute Gasteiger partial charge is 0.380 e. The molecule has 0 unspecified atom stereocenters. The second-order valence-electron chi connectivity index (χ2n) is 5.55. The fourth-order valence-electron chi connectivity index (χ4n) is 2.68. The number of rotatable bonds is 5. The van der Waals surface area contributed by atoms with Crippen LogP contribution in [0.3, 0.4) is 0 Å². The molecule has 1 heterocycles. The summed E-state index contributed by atoms with van der Waals surface area (Å²) in [6.07, 6.45) is 0. The highest BCUT2D eigenvalue weighted by Crippen LogP contribution is 2.21. The van der Waals surface area contributed by atoms with Crippen LogP contribution < -0.4 is 4.80 Å². The molecule has 6 heteroatoms. The van der Waals surface area contributed by atoms with Gasteiger partial charge in [0.05, 0.1) is 22.4 Å². The topological polar surface area (TPSA) is 43.6 Å². The highest BCUT2D eigenvalue weighted by atomic mass is 32.1. The summed E-state index contributed by atoms with van der Waals surface area (Å²) in [7, 11) is 0. The van der Waals surface area contributed by atoms with E-state index < -0.39 is 11.7 Å². The van der Waals surface area contributed by atoms with Gasteiger partial charge in [0.25, 0.3) is 5.91 Å². The number of ether oxygens (including phenoxy) is 1. The number of hydrogen-bond acceptors (Lipinski definition) is 3. The molecule has 0 fully saturated rings. The van der Waals surface area contributed by atoms with E-state index in [2.05, 4.69) is 4.99 Å². The van der Waals surface area contributed by atoms with E-state index in [1.165, 1.54) is 23.5 Å². The van der Waals surface area contributed by atoms with E-state index in [1.54, 1.807) is 12.1 Å². The minimum absolute atomic E-state index is 0.0203. The highest BCUT2D eigenvalue weighted by molar-refractivity contribution is 7.16. The Labute approximate surface area is 149 Å². The van der Waals surface area contributed by atoms with Gasteiger partial charge in [-0.1, -0.05) is 35.6 Å². The first kappa shape index (κ1) is 17.5. The van der Waals surface area contributed by atoms with Crippen molar-refractivity contribution in [2.24, 2.45) is 4.99 Å². The summed E-state index contributed by atoms with van der Waals surface area (Å²) in [5.74, 6) is -1.14. The number of carbonyl (C=O) groups is 1. The molecule has 0 saturated carbocycles. The molecule has 0 saturated heterocycles. The molecule has 0 bridgehead atoms. The SMILES string of the molecule is CCOCCn1c(=NC(=O)c2ccccc2F)sc2cccc(C)c21. The van der Waals surface area contributed by atoms with Crippen molar-refractivity contribution in [3.05, 3.63) is 64.2 Å². The lowest BCUT2D eigenvalue weighted by atomic mass is 10.2. The van der Waals surface area contributed by atoms with Crippen molar-refractivity contribution in [3.63, 3.8) is 0 Å². The van der Waals surface area contributed by atoms with E-state index >= 15 is 0 Å². The Hall–Kier alpha value is -2.31. The van der Waals surface area contributed by atoms with Crippen LogP contribution >= 0.6 is 11.3 Å². The summed E-state index contributed by atoms with van der Waals surface area (Å²) in [5, 5.41) is 0. The number of para-hydroxylation sites is 1. The Morgan fingerprint density at radius 1 is 1.24 bits per heavy atom. The molecular weight excluding hydrogens is 339 g/mol. The van der Waals surface area contributed by atoms with Crippen LogP contribution in [-0.4, -0.2) is 23.7 Å². The summed E-state index contributed by atoms with van der Waals surface area (Å²) in [4.78, 5) is 17.2. The quantitative estimate of drug-likeness (QED) is 0.649.